The Bertz CT molecular complexity index is 304. The summed E-state index contributed by atoms with van der Waals surface area (Å²) >= 11 is 3.41. The van der Waals surface area contributed by atoms with E-state index in [1.807, 2.05) is 12.1 Å². The quantitative estimate of drug-likeness (QED) is 0.832. The molecule has 1 aliphatic rings. The first-order valence-corrected chi connectivity index (χ1v) is 5.71. The number of aliphatic hydroxyl groups excluding tert-OH is 1. The minimum absolute atomic E-state index is 0. The Labute approximate surface area is 105 Å². The molecule has 1 aromatic rings. The summed E-state index contributed by atoms with van der Waals surface area (Å²) in [6.45, 7) is 1.71. The van der Waals surface area contributed by atoms with Crippen LogP contribution in [0, 0.1) is 0 Å². The number of benzene rings is 1. The third-order valence-corrected chi connectivity index (χ3v) is 3.28. The smallest absolute Gasteiger partial charge is 0.0733 e. The van der Waals surface area contributed by atoms with Crippen LogP contribution in [0.3, 0.4) is 0 Å². The molecule has 1 fully saturated rings. The second kappa shape index (κ2) is 5.85. The first-order chi connectivity index (χ1) is 6.77. The van der Waals surface area contributed by atoms with Crippen molar-refractivity contribution in [3.8, 4) is 0 Å². The average Bonchev–Trinajstić information content (AvgIpc) is 2.20. The Hall–Kier alpha value is -0.0900. The topological polar surface area (TPSA) is 32.3 Å². The molecule has 1 aliphatic heterocycles. The van der Waals surface area contributed by atoms with Gasteiger partial charge in [0.2, 0.25) is 0 Å². The maximum Gasteiger partial charge on any atom is 0.0733 e. The van der Waals surface area contributed by atoms with Gasteiger partial charge in [-0.25, -0.2) is 0 Å². The van der Waals surface area contributed by atoms with E-state index in [1.54, 1.807) is 0 Å². The molecule has 1 aromatic carbocycles. The SMILES string of the molecule is Cl.O[C@H]1CNCC[C@@H]1c1ccc(Br)cc1. The molecule has 2 N–H and O–H groups in total. The van der Waals surface area contributed by atoms with E-state index in [9.17, 15) is 5.11 Å². The van der Waals surface area contributed by atoms with Crippen molar-refractivity contribution >= 4 is 28.3 Å². The van der Waals surface area contributed by atoms with Gasteiger partial charge in [0.25, 0.3) is 0 Å². The molecular weight excluding hydrogens is 277 g/mol. The first-order valence-electron chi connectivity index (χ1n) is 4.91. The predicted octanol–water partition coefficient (Wildman–Crippen LogP) is 2.31. The monoisotopic (exact) mass is 291 g/mol. The third kappa shape index (κ3) is 3.18. The molecule has 1 saturated heterocycles. The first kappa shape index (κ1) is 13.0. The molecule has 0 spiro atoms. The van der Waals surface area contributed by atoms with Crippen molar-refractivity contribution in [1.82, 2.24) is 5.32 Å². The zero-order valence-electron chi connectivity index (χ0n) is 8.32. The molecule has 0 bridgehead atoms. The lowest BCUT2D eigenvalue weighted by atomic mass is 9.88. The number of piperidine rings is 1. The van der Waals surface area contributed by atoms with Gasteiger partial charge in [-0.2, -0.15) is 0 Å². The lowest BCUT2D eigenvalue weighted by Crippen LogP contribution is -2.39. The summed E-state index contributed by atoms with van der Waals surface area (Å²) in [5, 5.41) is 13.0. The Morgan fingerprint density at radius 2 is 1.93 bits per heavy atom. The summed E-state index contributed by atoms with van der Waals surface area (Å²) in [4.78, 5) is 0. The van der Waals surface area contributed by atoms with Crippen LogP contribution in [-0.4, -0.2) is 24.3 Å². The van der Waals surface area contributed by atoms with Crippen molar-refractivity contribution in [3.63, 3.8) is 0 Å². The standard InChI is InChI=1S/C11H14BrNO.ClH/c12-9-3-1-8(2-4-9)10-5-6-13-7-11(10)14;/h1-4,10-11,13-14H,5-7H2;1H/t10-,11+;/m1./s1. The van der Waals surface area contributed by atoms with Gasteiger partial charge in [-0.1, -0.05) is 28.1 Å². The van der Waals surface area contributed by atoms with Crippen molar-refractivity contribution in [1.29, 1.82) is 0 Å². The summed E-state index contributed by atoms with van der Waals surface area (Å²) in [6.07, 6.45) is 0.771. The number of nitrogens with one attached hydrogen (secondary N) is 1. The summed E-state index contributed by atoms with van der Waals surface area (Å²) in [6, 6.07) is 8.24. The third-order valence-electron chi connectivity index (χ3n) is 2.75. The fourth-order valence-electron chi connectivity index (χ4n) is 1.94. The van der Waals surface area contributed by atoms with E-state index in [4.69, 9.17) is 0 Å². The number of halogens is 2. The van der Waals surface area contributed by atoms with Gasteiger partial charge in [0.05, 0.1) is 6.10 Å². The van der Waals surface area contributed by atoms with Crippen molar-refractivity contribution in [2.75, 3.05) is 13.1 Å². The lowest BCUT2D eigenvalue weighted by Gasteiger charge is -2.28. The van der Waals surface area contributed by atoms with Crippen LogP contribution in [0.15, 0.2) is 28.7 Å². The highest BCUT2D eigenvalue weighted by Gasteiger charge is 2.23. The van der Waals surface area contributed by atoms with Gasteiger partial charge in [0.1, 0.15) is 0 Å². The van der Waals surface area contributed by atoms with Crippen LogP contribution >= 0.6 is 28.3 Å². The van der Waals surface area contributed by atoms with Gasteiger partial charge >= 0.3 is 0 Å². The maximum absolute atomic E-state index is 9.82. The molecule has 2 atom stereocenters. The largest absolute Gasteiger partial charge is 0.391 e. The number of hydrogen-bond donors (Lipinski definition) is 2. The molecule has 0 unspecified atom stereocenters. The average molecular weight is 293 g/mol. The minimum Gasteiger partial charge on any atom is -0.391 e. The zero-order chi connectivity index (χ0) is 9.97. The lowest BCUT2D eigenvalue weighted by molar-refractivity contribution is 0.118. The van der Waals surface area contributed by atoms with Crippen molar-refractivity contribution in [3.05, 3.63) is 34.3 Å². The summed E-state index contributed by atoms with van der Waals surface area (Å²) in [5.74, 6) is 0.296. The summed E-state index contributed by atoms with van der Waals surface area (Å²) in [7, 11) is 0. The van der Waals surface area contributed by atoms with Crippen LogP contribution in [-0.2, 0) is 0 Å². The van der Waals surface area contributed by atoms with Gasteiger partial charge < -0.3 is 10.4 Å². The number of β-amino-alcohol motifs (C(OH)–C–C–N with tert-alkyl or cyclic N) is 1. The molecule has 0 aromatic heterocycles. The normalized spacial score (nSPS) is 25.7. The highest BCUT2D eigenvalue weighted by molar-refractivity contribution is 9.10. The molecule has 84 valence electrons. The molecule has 1 heterocycles. The Balaban J connectivity index is 0.00000112. The Morgan fingerprint density at radius 1 is 1.27 bits per heavy atom. The van der Waals surface area contributed by atoms with Gasteiger partial charge in [0.15, 0.2) is 0 Å². The summed E-state index contributed by atoms with van der Waals surface area (Å²) < 4.78 is 1.09. The molecule has 0 saturated carbocycles. The Morgan fingerprint density at radius 3 is 2.53 bits per heavy atom. The van der Waals surface area contributed by atoms with E-state index in [0.29, 0.717) is 12.5 Å². The molecule has 15 heavy (non-hydrogen) atoms. The van der Waals surface area contributed by atoms with E-state index in [-0.39, 0.29) is 18.5 Å². The van der Waals surface area contributed by atoms with E-state index in [2.05, 4.69) is 33.4 Å². The van der Waals surface area contributed by atoms with Crippen molar-refractivity contribution < 1.29 is 5.11 Å². The molecule has 4 heteroatoms. The van der Waals surface area contributed by atoms with Crippen LogP contribution < -0.4 is 5.32 Å². The van der Waals surface area contributed by atoms with Crippen molar-refractivity contribution in [2.45, 2.75) is 18.4 Å². The van der Waals surface area contributed by atoms with Crippen molar-refractivity contribution in [2.24, 2.45) is 0 Å². The van der Waals surface area contributed by atoms with Crippen LogP contribution in [0.1, 0.15) is 17.9 Å². The van der Waals surface area contributed by atoms with Gasteiger partial charge in [-0.3, -0.25) is 0 Å². The predicted molar refractivity (Wildman–Crippen MR) is 67.6 cm³/mol. The molecule has 0 radical (unpaired) electrons. The van der Waals surface area contributed by atoms with Crippen LogP contribution in [0.25, 0.3) is 0 Å². The minimum atomic E-state index is -0.245. The number of aliphatic hydroxyl groups is 1. The highest BCUT2D eigenvalue weighted by atomic mass is 79.9. The van der Waals surface area contributed by atoms with E-state index in [1.165, 1.54) is 5.56 Å². The van der Waals surface area contributed by atoms with E-state index >= 15 is 0 Å². The fourth-order valence-corrected chi connectivity index (χ4v) is 2.21. The molecule has 0 amide bonds. The highest BCUT2D eigenvalue weighted by Crippen LogP contribution is 2.26. The van der Waals surface area contributed by atoms with Crippen LogP contribution in [0.4, 0.5) is 0 Å². The van der Waals surface area contributed by atoms with Gasteiger partial charge in [0, 0.05) is 16.9 Å². The summed E-state index contributed by atoms with van der Waals surface area (Å²) in [5.41, 5.74) is 1.24. The number of hydrogen-bond acceptors (Lipinski definition) is 2. The zero-order valence-corrected chi connectivity index (χ0v) is 10.7. The second-order valence-corrected chi connectivity index (χ2v) is 4.63. The van der Waals surface area contributed by atoms with E-state index < -0.39 is 0 Å². The maximum atomic E-state index is 9.82. The molecular formula is C11H15BrClNO. The van der Waals surface area contributed by atoms with Gasteiger partial charge in [-0.15, -0.1) is 12.4 Å². The second-order valence-electron chi connectivity index (χ2n) is 3.72. The Kier molecular flexibility index (Phi) is 5.06. The molecule has 2 nitrogen and oxygen atoms in total. The van der Waals surface area contributed by atoms with E-state index in [0.717, 1.165) is 17.4 Å². The van der Waals surface area contributed by atoms with Crippen LogP contribution in [0.2, 0.25) is 0 Å². The van der Waals surface area contributed by atoms with Gasteiger partial charge in [-0.05, 0) is 30.7 Å². The molecule has 0 aliphatic carbocycles. The molecule has 2 rings (SSSR count). The van der Waals surface area contributed by atoms with Crippen LogP contribution in [0.5, 0.6) is 0 Å². The fraction of sp³-hybridized carbons (Fsp3) is 0.455. The number of rotatable bonds is 1.